The van der Waals surface area contributed by atoms with Crippen LogP contribution in [0.2, 0.25) is 0 Å². The second-order valence-corrected chi connectivity index (χ2v) is 6.40. The van der Waals surface area contributed by atoms with Crippen LogP contribution in [0.3, 0.4) is 0 Å². The van der Waals surface area contributed by atoms with Gasteiger partial charge in [0.1, 0.15) is 12.1 Å². The summed E-state index contributed by atoms with van der Waals surface area (Å²) in [4.78, 5) is 34.9. The van der Waals surface area contributed by atoms with E-state index in [2.05, 4.69) is 5.32 Å². The van der Waals surface area contributed by atoms with Crippen LogP contribution in [0, 0.1) is 0 Å². The molecule has 1 aromatic rings. The largest absolute Gasteiger partial charge is 0.456 e. The fraction of sp³-hybridized carbons (Fsp3) is 0.526. The molecule has 1 aliphatic heterocycles. The van der Waals surface area contributed by atoms with Crippen LogP contribution in [0.25, 0.3) is 0 Å². The number of hydrogen-bond donors (Lipinski definition) is 2. The molecule has 0 spiro atoms. The van der Waals surface area contributed by atoms with Crippen molar-refractivity contribution < 1.29 is 38.4 Å². The van der Waals surface area contributed by atoms with Crippen LogP contribution in [0.1, 0.15) is 26.3 Å². The first kappa shape index (κ1) is 21.8. The van der Waals surface area contributed by atoms with Crippen LogP contribution in [0.4, 0.5) is 0 Å². The number of ether oxygens (including phenoxy) is 4. The summed E-state index contributed by atoms with van der Waals surface area (Å²) < 4.78 is 22.1. The van der Waals surface area contributed by atoms with Crippen LogP contribution in [-0.2, 0) is 39.9 Å². The van der Waals surface area contributed by atoms with Crippen LogP contribution in [0.5, 0.6) is 0 Å². The molecule has 9 heteroatoms. The van der Waals surface area contributed by atoms with Crippen molar-refractivity contribution in [3.63, 3.8) is 0 Å². The van der Waals surface area contributed by atoms with Crippen LogP contribution >= 0.6 is 0 Å². The molecule has 154 valence electrons. The van der Waals surface area contributed by atoms with E-state index < -0.39 is 55.1 Å². The molecule has 2 rings (SSSR count). The molecule has 0 bridgehead atoms. The van der Waals surface area contributed by atoms with Crippen molar-refractivity contribution in [1.82, 2.24) is 5.32 Å². The third-order valence-electron chi connectivity index (χ3n) is 4.06. The van der Waals surface area contributed by atoms with Gasteiger partial charge in [-0.2, -0.15) is 0 Å². The van der Waals surface area contributed by atoms with E-state index in [1.807, 2.05) is 30.3 Å². The zero-order chi connectivity index (χ0) is 20.7. The molecule has 1 fully saturated rings. The Morgan fingerprint density at radius 1 is 1.04 bits per heavy atom. The quantitative estimate of drug-likeness (QED) is 0.632. The van der Waals surface area contributed by atoms with Crippen molar-refractivity contribution in [3.05, 3.63) is 35.9 Å². The zero-order valence-electron chi connectivity index (χ0n) is 16.0. The van der Waals surface area contributed by atoms with Gasteiger partial charge in [0, 0.05) is 20.8 Å². The number of carbonyl (C=O) groups is 3. The van der Waals surface area contributed by atoms with Crippen molar-refractivity contribution in [2.24, 2.45) is 0 Å². The SMILES string of the molecule is CC(=O)N[C@@H]1[C@H](OCc2ccccc2)O[C@@H](CO)[C@H](OC(C)=O)[C@H]1OC(C)=O. The summed E-state index contributed by atoms with van der Waals surface area (Å²) in [6.07, 6.45) is -4.26. The molecule has 0 saturated carbocycles. The lowest BCUT2D eigenvalue weighted by Gasteiger charge is -2.44. The molecule has 0 unspecified atom stereocenters. The number of aliphatic hydroxyl groups excluding tert-OH is 1. The Balaban J connectivity index is 2.29. The second-order valence-electron chi connectivity index (χ2n) is 6.40. The molecule has 0 aliphatic carbocycles. The maximum atomic E-state index is 11.7. The van der Waals surface area contributed by atoms with Gasteiger partial charge < -0.3 is 29.4 Å². The summed E-state index contributed by atoms with van der Waals surface area (Å²) in [5.74, 6) is -1.70. The number of aliphatic hydroxyl groups is 1. The van der Waals surface area contributed by atoms with E-state index in [0.29, 0.717) is 0 Å². The molecule has 0 aromatic heterocycles. The molecule has 0 radical (unpaired) electrons. The highest BCUT2D eigenvalue weighted by atomic mass is 16.7. The van der Waals surface area contributed by atoms with Gasteiger partial charge >= 0.3 is 11.9 Å². The van der Waals surface area contributed by atoms with Crippen LogP contribution in [0.15, 0.2) is 30.3 Å². The van der Waals surface area contributed by atoms with Crippen LogP contribution < -0.4 is 5.32 Å². The van der Waals surface area contributed by atoms with Crippen molar-refractivity contribution in [3.8, 4) is 0 Å². The van der Waals surface area contributed by atoms with Crippen molar-refractivity contribution in [1.29, 1.82) is 0 Å². The number of hydrogen-bond acceptors (Lipinski definition) is 8. The highest BCUT2D eigenvalue weighted by molar-refractivity contribution is 5.73. The first-order valence-electron chi connectivity index (χ1n) is 8.85. The molecule has 1 aliphatic rings. The molecule has 1 heterocycles. The second kappa shape index (κ2) is 10.2. The van der Waals surface area contributed by atoms with Gasteiger partial charge in [-0.3, -0.25) is 14.4 Å². The smallest absolute Gasteiger partial charge is 0.303 e. The molecule has 1 saturated heterocycles. The van der Waals surface area contributed by atoms with Crippen molar-refractivity contribution in [2.75, 3.05) is 6.61 Å². The average Bonchev–Trinajstić information content (AvgIpc) is 2.63. The number of carbonyl (C=O) groups excluding carboxylic acids is 3. The first-order chi connectivity index (χ1) is 13.3. The number of rotatable bonds is 7. The number of amides is 1. The van der Waals surface area contributed by atoms with Crippen molar-refractivity contribution >= 4 is 17.8 Å². The minimum atomic E-state index is -1.11. The highest BCUT2D eigenvalue weighted by Gasteiger charge is 2.50. The van der Waals surface area contributed by atoms with Gasteiger partial charge in [-0.1, -0.05) is 30.3 Å². The number of nitrogens with one attached hydrogen (secondary N) is 1. The third kappa shape index (κ3) is 6.01. The molecule has 1 amide bonds. The Hall–Kier alpha value is -2.49. The fourth-order valence-electron chi connectivity index (χ4n) is 3.00. The Morgan fingerprint density at radius 2 is 1.64 bits per heavy atom. The van der Waals surface area contributed by atoms with E-state index in [0.717, 1.165) is 5.56 Å². The summed E-state index contributed by atoms with van der Waals surface area (Å²) >= 11 is 0. The first-order valence-corrected chi connectivity index (χ1v) is 8.85. The normalized spacial score (nSPS) is 26.9. The zero-order valence-corrected chi connectivity index (χ0v) is 16.0. The van der Waals surface area contributed by atoms with E-state index in [1.165, 1.54) is 20.8 Å². The van der Waals surface area contributed by atoms with Gasteiger partial charge in [0.2, 0.25) is 5.91 Å². The van der Waals surface area contributed by atoms with E-state index in [4.69, 9.17) is 18.9 Å². The Kier molecular flexibility index (Phi) is 7.91. The highest BCUT2D eigenvalue weighted by Crippen LogP contribution is 2.28. The molecule has 28 heavy (non-hydrogen) atoms. The standard InChI is InChI=1S/C19H25NO8/c1-11(22)20-16-18(27-13(3)24)17(26-12(2)23)15(9-21)28-19(16)25-10-14-7-5-4-6-8-14/h4-8,15-19,21H,9-10H2,1-3H3,(H,20,22)/t15-,16-,17-,18-,19+/m0/s1. The van der Waals surface area contributed by atoms with Crippen molar-refractivity contribution in [2.45, 2.75) is 58.0 Å². The number of esters is 2. The molecule has 5 atom stereocenters. The van der Waals surface area contributed by atoms with Gasteiger partial charge in [0.25, 0.3) is 0 Å². The van der Waals surface area contributed by atoms with E-state index in [9.17, 15) is 19.5 Å². The van der Waals surface area contributed by atoms with Gasteiger partial charge in [0.15, 0.2) is 18.5 Å². The molecular weight excluding hydrogens is 370 g/mol. The third-order valence-corrected chi connectivity index (χ3v) is 4.06. The lowest BCUT2D eigenvalue weighted by molar-refractivity contribution is -0.279. The van der Waals surface area contributed by atoms with Crippen LogP contribution in [-0.4, -0.2) is 60.2 Å². The summed E-state index contributed by atoms with van der Waals surface area (Å²) in [6.45, 7) is 3.32. The molecule has 9 nitrogen and oxygen atoms in total. The maximum Gasteiger partial charge on any atom is 0.303 e. The van der Waals surface area contributed by atoms with Gasteiger partial charge in [-0.25, -0.2) is 0 Å². The number of benzene rings is 1. The summed E-state index contributed by atoms with van der Waals surface area (Å²) in [5, 5.41) is 12.3. The molecular formula is C19H25NO8. The lowest BCUT2D eigenvalue weighted by atomic mass is 9.96. The fourth-order valence-corrected chi connectivity index (χ4v) is 3.00. The van der Waals surface area contributed by atoms with Gasteiger partial charge in [0.05, 0.1) is 13.2 Å². The lowest BCUT2D eigenvalue weighted by Crippen LogP contribution is -2.66. The van der Waals surface area contributed by atoms with E-state index in [1.54, 1.807) is 0 Å². The topological polar surface area (TPSA) is 120 Å². The minimum Gasteiger partial charge on any atom is -0.456 e. The predicted octanol–water partition coefficient (Wildman–Crippen LogP) is 0.288. The molecule has 1 aromatic carbocycles. The van der Waals surface area contributed by atoms with Gasteiger partial charge in [-0.15, -0.1) is 0 Å². The van der Waals surface area contributed by atoms with Gasteiger partial charge in [-0.05, 0) is 5.56 Å². The molecule has 2 N–H and O–H groups in total. The summed E-state index contributed by atoms with van der Waals surface area (Å²) in [5.41, 5.74) is 0.861. The summed E-state index contributed by atoms with van der Waals surface area (Å²) in [6, 6.07) is 8.32. The summed E-state index contributed by atoms with van der Waals surface area (Å²) in [7, 11) is 0. The average molecular weight is 395 g/mol. The Morgan fingerprint density at radius 3 is 2.18 bits per heavy atom. The maximum absolute atomic E-state index is 11.7. The predicted molar refractivity (Wildman–Crippen MR) is 95.7 cm³/mol. The van der Waals surface area contributed by atoms with E-state index in [-0.39, 0.29) is 6.61 Å². The monoisotopic (exact) mass is 395 g/mol. The Bertz CT molecular complexity index is 680. The van der Waals surface area contributed by atoms with E-state index >= 15 is 0 Å². The Labute approximate surface area is 162 Å². The minimum absolute atomic E-state index is 0.158.